The molecule has 0 spiro atoms. The smallest absolute Gasteiger partial charge is 0.126 e. The van der Waals surface area contributed by atoms with E-state index in [-0.39, 0.29) is 6.10 Å². The van der Waals surface area contributed by atoms with Crippen LogP contribution in [0.4, 0.5) is 11.4 Å². The Hall–Kier alpha value is -6.86. The summed E-state index contributed by atoms with van der Waals surface area (Å²) in [4.78, 5) is 0. The van der Waals surface area contributed by atoms with Crippen LogP contribution in [0, 0.1) is 0 Å². The molecule has 0 fully saturated rings. The molecule has 1 aliphatic carbocycles. The third kappa shape index (κ3) is 22.3. The molecule has 8 aromatic carbocycles. The van der Waals surface area contributed by atoms with Gasteiger partial charge in [0.25, 0.3) is 0 Å². The maximum atomic E-state index is 5.83. The van der Waals surface area contributed by atoms with E-state index in [2.05, 4.69) is 149 Å². The van der Waals surface area contributed by atoms with Gasteiger partial charge in [-0.3, -0.25) is 0 Å². The van der Waals surface area contributed by atoms with Crippen LogP contribution >= 0.6 is 0 Å². The van der Waals surface area contributed by atoms with Gasteiger partial charge in [-0.2, -0.15) is 0 Å². The van der Waals surface area contributed by atoms with E-state index in [9.17, 15) is 0 Å². The minimum atomic E-state index is 0.0229. The standard InChI is InChI=1S/C14H13NO.C11H11NO.4C9H13N.2C2H7N/c1-16-14-12-5-3-2-4-10(12)11-7-6-9(15)8-13(11)14;1-13-11-7-3-4-8-9(11)5-2-6-10(8)12;4*1-2-8-3-5-9(7-10)6-4-8;2*1-2-3/h2-8,14H,15H2,1H3;2-7H,12H2,1H3;4*3-6H,2,7,10H2,1H3;2*2-3H2,1H3. The number of nitrogens with two attached hydrogens (primary N) is 8. The lowest BCUT2D eigenvalue weighted by Crippen LogP contribution is -1.99. The Kier molecular flexibility index (Phi) is 32.4. The Morgan fingerprint density at radius 1 is 0.360 bits per heavy atom. The summed E-state index contributed by atoms with van der Waals surface area (Å²) in [5.41, 5.74) is 59.9. The lowest BCUT2D eigenvalue weighted by atomic mass is 10.1. The zero-order chi connectivity index (χ0) is 55.4. The van der Waals surface area contributed by atoms with Crippen molar-refractivity contribution in [2.24, 2.45) is 34.4 Å². The van der Waals surface area contributed by atoms with Gasteiger partial charge in [-0.15, -0.1) is 0 Å². The van der Waals surface area contributed by atoms with Gasteiger partial charge in [0.05, 0.1) is 7.11 Å². The lowest BCUT2D eigenvalue weighted by molar-refractivity contribution is 0.140. The third-order valence-corrected chi connectivity index (χ3v) is 11.9. The van der Waals surface area contributed by atoms with Crippen LogP contribution in [0.1, 0.15) is 103 Å². The molecule has 402 valence electrons. The van der Waals surface area contributed by atoms with Gasteiger partial charge in [0, 0.05) is 55.4 Å². The molecular formula is C65H90N8O2. The Balaban J connectivity index is 0.000000304. The number of nitrogen functional groups attached to an aromatic ring is 2. The van der Waals surface area contributed by atoms with Crippen molar-refractivity contribution < 1.29 is 9.47 Å². The van der Waals surface area contributed by atoms with Crippen molar-refractivity contribution in [1.29, 1.82) is 0 Å². The van der Waals surface area contributed by atoms with E-state index in [0.717, 1.165) is 66.7 Å². The highest BCUT2D eigenvalue weighted by atomic mass is 16.5. The van der Waals surface area contributed by atoms with Crippen LogP contribution < -0.4 is 50.6 Å². The Bertz CT molecular complexity index is 2440. The average molecular weight is 1020 g/mol. The van der Waals surface area contributed by atoms with Gasteiger partial charge in [-0.05, 0) is 130 Å². The highest BCUT2D eigenvalue weighted by Gasteiger charge is 2.28. The Labute approximate surface area is 450 Å². The topological polar surface area (TPSA) is 227 Å². The zero-order valence-electron chi connectivity index (χ0n) is 46.3. The van der Waals surface area contributed by atoms with Gasteiger partial charge in [-0.1, -0.05) is 193 Å². The zero-order valence-corrected chi connectivity index (χ0v) is 46.3. The molecule has 1 unspecified atom stereocenters. The summed E-state index contributed by atoms with van der Waals surface area (Å²) in [6.07, 6.45) is 4.43. The second-order valence-corrected chi connectivity index (χ2v) is 17.3. The first-order valence-electron chi connectivity index (χ1n) is 26.3. The molecule has 1 aliphatic rings. The third-order valence-electron chi connectivity index (χ3n) is 11.9. The van der Waals surface area contributed by atoms with Crippen LogP contribution in [0.5, 0.6) is 5.75 Å². The SMILES string of the molecule is CCN.CCN.CCc1ccc(CN)cc1.CCc1ccc(CN)cc1.CCc1ccc(CN)cc1.CCc1ccc(CN)cc1.COC1c2ccccc2-c2ccc(N)cc21.COc1cccc2c(N)cccc12. The minimum absolute atomic E-state index is 0.0229. The van der Waals surface area contributed by atoms with Crippen molar-refractivity contribution in [3.05, 3.63) is 232 Å². The lowest BCUT2D eigenvalue weighted by Gasteiger charge is -2.11. The highest BCUT2D eigenvalue weighted by molar-refractivity contribution is 5.96. The van der Waals surface area contributed by atoms with Crippen LogP contribution in [0.3, 0.4) is 0 Å². The fourth-order valence-electron chi connectivity index (χ4n) is 7.56. The first-order valence-corrected chi connectivity index (χ1v) is 26.3. The van der Waals surface area contributed by atoms with Crippen LogP contribution in [0.25, 0.3) is 21.9 Å². The molecule has 75 heavy (non-hydrogen) atoms. The number of ether oxygens (including phenoxy) is 2. The molecule has 16 N–H and O–H groups in total. The number of fused-ring (bicyclic) bond motifs is 4. The number of hydrogen-bond acceptors (Lipinski definition) is 10. The second-order valence-electron chi connectivity index (χ2n) is 17.3. The summed E-state index contributed by atoms with van der Waals surface area (Å²) in [5.74, 6) is 0.866. The fourth-order valence-corrected chi connectivity index (χ4v) is 7.56. The van der Waals surface area contributed by atoms with Crippen LogP contribution in [0.15, 0.2) is 176 Å². The largest absolute Gasteiger partial charge is 0.496 e. The molecule has 0 aliphatic heterocycles. The summed E-state index contributed by atoms with van der Waals surface area (Å²) in [5, 5.41) is 2.10. The molecular weight excluding hydrogens is 925 g/mol. The minimum Gasteiger partial charge on any atom is -0.496 e. The molecule has 0 saturated heterocycles. The summed E-state index contributed by atoms with van der Waals surface area (Å²) in [7, 11) is 3.40. The average Bonchev–Trinajstić information content (AvgIpc) is 3.78. The molecule has 10 heteroatoms. The van der Waals surface area contributed by atoms with Crippen LogP contribution in [-0.4, -0.2) is 27.3 Å². The van der Waals surface area contributed by atoms with E-state index in [1.54, 1.807) is 14.2 Å². The number of anilines is 2. The van der Waals surface area contributed by atoms with Crippen LogP contribution in [0.2, 0.25) is 0 Å². The molecule has 0 amide bonds. The van der Waals surface area contributed by atoms with E-state index >= 15 is 0 Å². The number of methoxy groups -OCH3 is 2. The van der Waals surface area contributed by atoms with Crippen molar-refractivity contribution in [3.8, 4) is 16.9 Å². The molecule has 1 atom stereocenters. The van der Waals surface area contributed by atoms with Crippen molar-refractivity contribution in [2.75, 3.05) is 38.8 Å². The summed E-state index contributed by atoms with van der Waals surface area (Å²) in [6.45, 7) is 16.5. The van der Waals surface area contributed by atoms with E-state index in [1.165, 1.54) is 66.8 Å². The number of hydrogen-bond donors (Lipinski definition) is 8. The maximum Gasteiger partial charge on any atom is 0.126 e. The van der Waals surface area contributed by atoms with E-state index < -0.39 is 0 Å². The molecule has 0 aromatic heterocycles. The molecule has 10 nitrogen and oxygen atoms in total. The predicted octanol–water partition coefficient (Wildman–Crippen LogP) is 12.2. The van der Waals surface area contributed by atoms with Crippen molar-refractivity contribution in [2.45, 2.75) is 99.5 Å². The normalized spacial score (nSPS) is 11.1. The van der Waals surface area contributed by atoms with E-state index in [4.69, 9.17) is 55.3 Å². The van der Waals surface area contributed by atoms with Gasteiger partial charge in [0.15, 0.2) is 0 Å². The maximum absolute atomic E-state index is 5.83. The fraction of sp³-hybridized carbons (Fsp3) is 0.292. The van der Waals surface area contributed by atoms with Gasteiger partial charge in [0.2, 0.25) is 0 Å². The van der Waals surface area contributed by atoms with Gasteiger partial charge >= 0.3 is 0 Å². The van der Waals surface area contributed by atoms with Crippen molar-refractivity contribution in [3.63, 3.8) is 0 Å². The quantitative estimate of drug-likeness (QED) is 0.0605. The number of benzene rings is 8. The Morgan fingerprint density at radius 3 is 1.07 bits per heavy atom. The van der Waals surface area contributed by atoms with E-state index in [0.29, 0.717) is 26.2 Å². The molecule has 0 heterocycles. The molecule has 0 saturated carbocycles. The number of aryl methyl sites for hydroxylation is 4. The molecule has 8 aromatic rings. The van der Waals surface area contributed by atoms with Crippen molar-refractivity contribution >= 4 is 22.1 Å². The van der Waals surface area contributed by atoms with Crippen LogP contribution in [-0.2, 0) is 56.6 Å². The summed E-state index contributed by atoms with van der Waals surface area (Å²) >= 11 is 0. The van der Waals surface area contributed by atoms with Gasteiger partial charge in [-0.25, -0.2) is 0 Å². The second kappa shape index (κ2) is 37.8. The molecule has 9 rings (SSSR count). The van der Waals surface area contributed by atoms with E-state index in [1.807, 2.05) is 68.4 Å². The monoisotopic (exact) mass is 1010 g/mol. The van der Waals surface area contributed by atoms with Gasteiger partial charge < -0.3 is 55.3 Å². The molecule has 0 radical (unpaired) electrons. The highest BCUT2D eigenvalue weighted by Crippen LogP contribution is 2.45. The Morgan fingerprint density at radius 2 is 0.707 bits per heavy atom. The molecule has 0 bridgehead atoms. The number of rotatable bonds is 10. The summed E-state index contributed by atoms with van der Waals surface area (Å²) in [6, 6.07) is 59.7. The first kappa shape index (κ1) is 64.3. The van der Waals surface area contributed by atoms with Crippen molar-refractivity contribution in [1.82, 2.24) is 0 Å². The predicted molar refractivity (Wildman–Crippen MR) is 324 cm³/mol. The summed E-state index contributed by atoms with van der Waals surface area (Å²) < 4.78 is 10.8. The van der Waals surface area contributed by atoms with Gasteiger partial charge in [0.1, 0.15) is 11.9 Å². The first-order chi connectivity index (χ1) is 36.4.